The first kappa shape index (κ1) is 13.8. The maximum atomic E-state index is 11.3. The molecule has 0 aromatic heterocycles. The van der Waals surface area contributed by atoms with Crippen molar-refractivity contribution in [3.8, 4) is 0 Å². The summed E-state index contributed by atoms with van der Waals surface area (Å²) in [5.41, 5.74) is 0. The van der Waals surface area contributed by atoms with E-state index in [0.29, 0.717) is 0 Å². The van der Waals surface area contributed by atoms with Gasteiger partial charge in [0.2, 0.25) is 0 Å². The summed E-state index contributed by atoms with van der Waals surface area (Å²) in [6.07, 6.45) is 6.05. The van der Waals surface area contributed by atoms with Gasteiger partial charge in [-0.25, -0.2) is 0 Å². The van der Waals surface area contributed by atoms with Gasteiger partial charge in [0.15, 0.2) is 0 Å². The summed E-state index contributed by atoms with van der Waals surface area (Å²) in [7, 11) is 0. The molecule has 92 valence electrons. The number of carbonyl (C=O) groups is 1. The van der Waals surface area contributed by atoms with E-state index >= 15 is 0 Å². The number of ether oxygens (including phenoxy) is 1. The summed E-state index contributed by atoms with van der Waals surface area (Å²) < 4.78 is 5.63. The van der Waals surface area contributed by atoms with Gasteiger partial charge in [0.1, 0.15) is 0 Å². The van der Waals surface area contributed by atoms with Crippen molar-refractivity contribution in [3.05, 3.63) is 0 Å². The third-order valence-electron chi connectivity index (χ3n) is 4.38. The Hall–Kier alpha value is 0.365. The Morgan fingerprint density at radius 1 is 1.41 bits per heavy atom. The average molecular weight is 266 g/mol. The molecule has 0 aromatic rings. The van der Waals surface area contributed by atoms with Crippen molar-refractivity contribution in [3.63, 3.8) is 0 Å². The van der Waals surface area contributed by atoms with Crippen LogP contribution in [-0.4, -0.2) is 58.6 Å². The van der Waals surface area contributed by atoms with E-state index in [4.69, 9.17) is 4.74 Å². The second kappa shape index (κ2) is 5.16. The summed E-state index contributed by atoms with van der Waals surface area (Å²) in [6, 6.07) is 0. The minimum absolute atomic E-state index is 0.0517. The van der Waals surface area contributed by atoms with Gasteiger partial charge in [-0.05, 0) is 0 Å². The topological polar surface area (TPSA) is 46.5 Å². The van der Waals surface area contributed by atoms with Crippen molar-refractivity contribution in [1.82, 2.24) is 0 Å². The summed E-state index contributed by atoms with van der Waals surface area (Å²) in [6.45, 7) is 0.904. The third kappa shape index (κ3) is 3.22. The van der Waals surface area contributed by atoms with Gasteiger partial charge in [-0.15, -0.1) is 0 Å². The Bertz CT molecular complexity index is 318. The van der Waals surface area contributed by atoms with Gasteiger partial charge < -0.3 is 0 Å². The first-order chi connectivity index (χ1) is 8.00. The van der Waals surface area contributed by atoms with Crippen molar-refractivity contribution in [2.24, 2.45) is 5.92 Å². The van der Waals surface area contributed by atoms with E-state index in [1.54, 1.807) is 0 Å². The van der Waals surface area contributed by atoms with Crippen LogP contribution in [0, 0.1) is 5.92 Å². The van der Waals surface area contributed by atoms with E-state index in [1.807, 2.05) is 0 Å². The van der Waals surface area contributed by atoms with E-state index in [-0.39, 0.29) is 19.2 Å². The summed E-state index contributed by atoms with van der Waals surface area (Å²) >= 11 is 0.771. The van der Waals surface area contributed by atoms with Gasteiger partial charge in [-0.2, -0.15) is 0 Å². The van der Waals surface area contributed by atoms with Crippen LogP contribution in [0.1, 0.15) is 38.5 Å². The number of carboxylic acids is 1. The van der Waals surface area contributed by atoms with Crippen LogP contribution in [0.3, 0.4) is 0 Å². The fourth-order valence-electron chi connectivity index (χ4n) is 2.48. The molecule has 2 saturated carbocycles. The van der Waals surface area contributed by atoms with Crippen molar-refractivity contribution in [2.45, 2.75) is 47.3 Å². The quantitative estimate of drug-likeness (QED) is 0.745. The molecule has 0 saturated heterocycles. The van der Waals surface area contributed by atoms with Gasteiger partial charge >= 0.3 is 117 Å². The molecule has 5 heteroatoms. The zero-order chi connectivity index (χ0) is 12.5. The number of hydrogen-bond donors (Lipinski definition) is 1. The van der Waals surface area contributed by atoms with Crippen LogP contribution in [0.4, 0.5) is 0 Å². The molecule has 0 unspecified atom stereocenters. The molecule has 0 bridgehead atoms. The molecule has 0 atom stereocenters. The van der Waals surface area contributed by atoms with Crippen LogP contribution in [-0.2, 0) is 9.53 Å². The van der Waals surface area contributed by atoms with Gasteiger partial charge in [-0.1, -0.05) is 0 Å². The molecule has 17 heavy (non-hydrogen) atoms. The predicted molar refractivity (Wildman–Crippen MR) is 71.6 cm³/mol. The van der Waals surface area contributed by atoms with Crippen molar-refractivity contribution in [1.29, 1.82) is 0 Å². The molecule has 0 aliphatic heterocycles. The fourth-order valence-corrected chi connectivity index (χ4v) is 4.02. The molecule has 2 aliphatic carbocycles. The zero-order valence-electron chi connectivity index (χ0n) is 10.6. The molecule has 3 nitrogen and oxygen atoms in total. The van der Waals surface area contributed by atoms with Gasteiger partial charge in [0.05, 0.1) is 0 Å². The van der Waals surface area contributed by atoms with Gasteiger partial charge in [-0.3, -0.25) is 0 Å². The first-order valence-electron chi connectivity index (χ1n) is 6.51. The Balaban J connectivity index is 1.90. The van der Waals surface area contributed by atoms with E-state index < -0.39 is 10.2 Å². The molecule has 2 aliphatic rings. The fraction of sp³-hybridized carbons (Fsp3) is 0.833. The number of carboxylic acid groups (broad SMARTS) is 1. The average Bonchev–Trinajstić information content (AvgIpc) is 3.12. The molecule has 0 amide bonds. The van der Waals surface area contributed by atoms with Gasteiger partial charge in [0, 0.05) is 0 Å². The number of rotatable bonds is 5. The first-order valence-corrected chi connectivity index (χ1v) is 8.90. The maximum absolute atomic E-state index is 11.3. The second-order valence-corrected chi connectivity index (χ2v) is 9.21. The van der Waals surface area contributed by atoms with E-state index in [1.165, 1.54) is 12.8 Å². The standard InChI is InChI=1S/C11H16O3.CH2.2Al.2H/c12-11(13)9-3-5-10(6-4-9)14-7-8-1-2-8;;;;;/h8H,1-7H2,(H,12,13);1H2;;;;. The summed E-state index contributed by atoms with van der Waals surface area (Å²) in [4.78, 5) is 11.3. The second-order valence-electron chi connectivity index (χ2n) is 5.87. The van der Waals surface area contributed by atoms with Crippen molar-refractivity contribution in [2.75, 3.05) is 6.61 Å². The van der Waals surface area contributed by atoms with Crippen LogP contribution in [0.2, 0.25) is 4.28 Å². The molecule has 2 fully saturated rings. The SMILES string of the molecule is [CH2]=[Al][C]1(C(=O)O)CC[C]([AlH2])(OCC2CC2)CC1. The van der Waals surface area contributed by atoms with Gasteiger partial charge in [0.25, 0.3) is 0 Å². The Labute approximate surface area is 117 Å². The number of aliphatic carboxylic acids is 1. The number of hydrogen-bond acceptors (Lipinski definition) is 2. The summed E-state index contributed by atoms with van der Waals surface area (Å²) in [5.74, 6) is 0.166. The molecule has 0 radical (unpaired) electrons. The molecule has 0 heterocycles. The van der Waals surface area contributed by atoms with Crippen molar-refractivity contribution < 1.29 is 14.6 Å². The Morgan fingerprint density at radius 3 is 2.41 bits per heavy atom. The molecule has 2 rings (SSSR count). The molecule has 0 aromatic carbocycles. The molecular formula is C12H20Al2O3. The monoisotopic (exact) mass is 266 g/mol. The van der Waals surface area contributed by atoms with E-state index in [2.05, 4.69) is 5.39 Å². The minimum atomic E-state index is -0.631. The zero-order valence-corrected chi connectivity index (χ0v) is 13.7. The molecular weight excluding hydrogens is 246 g/mol. The molecule has 0 spiro atoms. The van der Waals surface area contributed by atoms with Crippen LogP contribution in [0.25, 0.3) is 0 Å². The predicted octanol–water partition coefficient (Wildman–Crippen LogP) is 0.696. The normalized spacial score (nSPS) is 37.4. The Morgan fingerprint density at radius 2 is 2.00 bits per heavy atom. The van der Waals surface area contributed by atoms with Crippen LogP contribution in [0.15, 0.2) is 0 Å². The van der Waals surface area contributed by atoms with Crippen LogP contribution >= 0.6 is 0 Å². The molecule has 1 N–H and O–H groups in total. The van der Waals surface area contributed by atoms with Crippen LogP contribution in [0.5, 0.6) is 0 Å². The van der Waals surface area contributed by atoms with E-state index in [0.717, 1.165) is 54.5 Å². The van der Waals surface area contributed by atoms with Crippen molar-refractivity contribution >= 4 is 42.4 Å². The van der Waals surface area contributed by atoms with Crippen LogP contribution < -0.4 is 0 Å². The van der Waals surface area contributed by atoms with E-state index in [9.17, 15) is 9.90 Å². The Kier molecular flexibility index (Phi) is 4.18. The third-order valence-corrected chi connectivity index (χ3v) is 7.28. The summed E-state index contributed by atoms with van der Waals surface area (Å²) in [5, 5.41) is 13.2.